The molecule has 0 aliphatic heterocycles. The van der Waals surface area contributed by atoms with Gasteiger partial charge in [-0.15, -0.1) is 11.3 Å². The average Bonchev–Trinajstić information content (AvgIpc) is 3.26. The molecule has 0 amide bonds. The maximum atomic E-state index is 12.9. The van der Waals surface area contributed by atoms with E-state index in [1.54, 1.807) is 11.3 Å². The smallest absolute Gasteiger partial charge is 0.341 e. The normalized spacial score (nSPS) is 13.5. The van der Waals surface area contributed by atoms with Gasteiger partial charge >= 0.3 is 5.97 Å². The number of nitrogens with one attached hydrogen (secondary N) is 2. The molecule has 0 saturated carbocycles. The molecular formula is C26H31ClN4O2S2. The van der Waals surface area contributed by atoms with Gasteiger partial charge < -0.3 is 15.4 Å². The summed E-state index contributed by atoms with van der Waals surface area (Å²) in [7, 11) is 0. The Labute approximate surface area is 221 Å². The third kappa shape index (κ3) is 5.88. The number of aromatic nitrogens is 2. The van der Waals surface area contributed by atoms with Crippen molar-refractivity contribution in [2.45, 2.75) is 65.8 Å². The molecule has 1 aliphatic rings. The fourth-order valence-electron chi connectivity index (χ4n) is 4.49. The van der Waals surface area contributed by atoms with Gasteiger partial charge in [-0.2, -0.15) is 5.10 Å². The van der Waals surface area contributed by atoms with Gasteiger partial charge in [0.05, 0.1) is 35.8 Å². The highest BCUT2D eigenvalue weighted by atomic mass is 35.5. The molecule has 4 rings (SSSR count). The van der Waals surface area contributed by atoms with E-state index in [9.17, 15) is 4.79 Å². The van der Waals surface area contributed by atoms with Crippen LogP contribution in [0.5, 0.6) is 0 Å². The largest absolute Gasteiger partial charge is 0.462 e. The molecule has 0 bridgehead atoms. The molecule has 9 heteroatoms. The van der Waals surface area contributed by atoms with Crippen molar-refractivity contribution in [3.63, 3.8) is 0 Å². The fourth-order valence-corrected chi connectivity index (χ4v) is 6.24. The number of hydrogen-bond acceptors (Lipinski definition) is 5. The second-order valence-electron chi connectivity index (χ2n) is 8.72. The van der Waals surface area contributed by atoms with E-state index in [0.717, 1.165) is 58.9 Å². The number of thiophene rings is 1. The number of hydrogen-bond donors (Lipinski definition) is 2. The molecule has 35 heavy (non-hydrogen) atoms. The number of rotatable bonds is 6. The predicted octanol–water partition coefficient (Wildman–Crippen LogP) is 6.91. The van der Waals surface area contributed by atoms with Gasteiger partial charge in [0.2, 0.25) is 0 Å². The van der Waals surface area contributed by atoms with E-state index in [-0.39, 0.29) is 5.97 Å². The summed E-state index contributed by atoms with van der Waals surface area (Å²) >= 11 is 13.6. The summed E-state index contributed by atoms with van der Waals surface area (Å²) in [6.07, 6.45) is 6.53. The number of carbonyl (C=O) groups is 1. The Morgan fingerprint density at radius 1 is 1.17 bits per heavy atom. The zero-order valence-electron chi connectivity index (χ0n) is 20.4. The highest BCUT2D eigenvalue weighted by Gasteiger charge is 2.26. The Morgan fingerprint density at radius 2 is 1.91 bits per heavy atom. The second-order valence-corrected chi connectivity index (χ2v) is 10.6. The number of carbonyl (C=O) groups excluding carboxylic acids is 1. The van der Waals surface area contributed by atoms with Gasteiger partial charge in [-0.05, 0) is 75.9 Å². The van der Waals surface area contributed by atoms with Crippen LogP contribution >= 0.6 is 35.2 Å². The molecule has 0 unspecified atom stereocenters. The summed E-state index contributed by atoms with van der Waals surface area (Å²) < 4.78 is 7.33. The number of fused-ring (bicyclic) bond motifs is 1. The van der Waals surface area contributed by atoms with E-state index in [4.69, 9.17) is 28.6 Å². The minimum Gasteiger partial charge on any atom is -0.462 e. The van der Waals surface area contributed by atoms with Crippen LogP contribution in [0.15, 0.2) is 24.3 Å². The second kappa shape index (κ2) is 11.5. The van der Waals surface area contributed by atoms with Crippen LogP contribution in [-0.4, -0.2) is 27.5 Å². The summed E-state index contributed by atoms with van der Waals surface area (Å²) in [6, 6.07) is 7.77. The summed E-state index contributed by atoms with van der Waals surface area (Å²) in [4.78, 5) is 14.2. The minimum absolute atomic E-state index is 0.282. The van der Waals surface area contributed by atoms with E-state index in [1.165, 1.54) is 17.7 Å². The first kappa shape index (κ1) is 25.7. The quantitative estimate of drug-likeness (QED) is 0.266. The minimum atomic E-state index is -0.282. The number of esters is 1. The number of ether oxygens (including phenoxy) is 1. The van der Waals surface area contributed by atoms with Gasteiger partial charge in [0.25, 0.3) is 0 Å². The van der Waals surface area contributed by atoms with Crippen molar-refractivity contribution >= 4 is 56.9 Å². The first-order valence-corrected chi connectivity index (χ1v) is 13.7. The number of aryl methyl sites for hydroxylation is 2. The predicted molar refractivity (Wildman–Crippen MR) is 148 cm³/mol. The SMILES string of the molecule is CCOC(=O)c1c(NC(=S)Nc2c(C)nn(Cc3ccccc3Cl)c2C)sc2c1CCCCCC2. The van der Waals surface area contributed by atoms with Crippen LogP contribution in [-0.2, 0) is 24.1 Å². The molecule has 0 atom stereocenters. The zero-order chi connectivity index (χ0) is 24.9. The first-order chi connectivity index (χ1) is 16.9. The van der Waals surface area contributed by atoms with Crippen molar-refractivity contribution in [2.75, 3.05) is 17.2 Å². The van der Waals surface area contributed by atoms with Gasteiger partial charge in [-0.1, -0.05) is 42.6 Å². The van der Waals surface area contributed by atoms with Crippen molar-refractivity contribution in [1.82, 2.24) is 9.78 Å². The van der Waals surface area contributed by atoms with E-state index >= 15 is 0 Å². The lowest BCUT2D eigenvalue weighted by molar-refractivity contribution is 0.0526. The molecule has 0 radical (unpaired) electrons. The molecule has 0 saturated heterocycles. The number of benzene rings is 1. The summed E-state index contributed by atoms with van der Waals surface area (Å²) in [5, 5.41) is 13.2. The van der Waals surface area contributed by atoms with E-state index in [0.29, 0.717) is 28.9 Å². The molecule has 0 fully saturated rings. The highest BCUT2D eigenvalue weighted by Crippen LogP contribution is 2.38. The van der Waals surface area contributed by atoms with Crippen molar-refractivity contribution in [3.05, 3.63) is 62.2 Å². The molecule has 1 aromatic carbocycles. The Bertz CT molecular complexity index is 1230. The molecule has 2 heterocycles. The van der Waals surface area contributed by atoms with Crippen molar-refractivity contribution in [3.8, 4) is 0 Å². The summed E-state index contributed by atoms with van der Waals surface area (Å²) in [5.41, 5.74) is 5.40. The maximum absolute atomic E-state index is 12.9. The van der Waals surface area contributed by atoms with Crippen molar-refractivity contribution in [2.24, 2.45) is 0 Å². The number of halogens is 1. The Kier molecular flexibility index (Phi) is 8.46. The molecule has 186 valence electrons. The van der Waals surface area contributed by atoms with Crippen molar-refractivity contribution < 1.29 is 9.53 Å². The summed E-state index contributed by atoms with van der Waals surface area (Å²) in [5.74, 6) is -0.282. The van der Waals surface area contributed by atoms with Crippen LogP contribution in [0.4, 0.5) is 10.7 Å². The molecule has 2 N–H and O–H groups in total. The Balaban J connectivity index is 1.56. The number of nitrogens with zero attached hydrogens (tertiary/aromatic N) is 2. The first-order valence-electron chi connectivity index (χ1n) is 12.1. The molecule has 2 aromatic heterocycles. The molecule has 0 spiro atoms. The third-order valence-electron chi connectivity index (χ3n) is 6.28. The monoisotopic (exact) mass is 530 g/mol. The number of thiocarbonyl (C=S) groups is 1. The van der Waals surface area contributed by atoms with E-state index in [2.05, 4.69) is 15.7 Å². The van der Waals surface area contributed by atoms with Crippen LogP contribution in [0.2, 0.25) is 5.02 Å². The molecule has 6 nitrogen and oxygen atoms in total. The lowest BCUT2D eigenvalue weighted by atomic mass is 9.96. The van der Waals surface area contributed by atoms with Crippen LogP contribution in [0.1, 0.15) is 70.4 Å². The Hall–Kier alpha value is -2.42. The van der Waals surface area contributed by atoms with Crippen LogP contribution in [0.3, 0.4) is 0 Å². The van der Waals surface area contributed by atoms with Gasteiger partial charge in [-0.25, -0.2) is 4.79 Å². The molecular weight excluding hydrogens is 500 g/mol. The topological polar surface area (TPSA) is 68.2 Å². The van der Waals surface area contributed by atoms with Crippen LogP contribution in [0, 0.1) is 13.8 Å². The van der Waals surface area contributed by atoms with Crippen molar-refractivity contribution in [1.29, 1.82) is 0 Å². The van der Waals surface area contributed by atoms with Crippen LogP contribution in [0.25, 0.3) is 0 Å². The Morgan fingerprint density at radius 3 is 2.66 bits per heavy atom. The van der Waals surface area contributed by atoms with Gasteiger partial charge in [0, 0.05) is 9.90 Å². The average molecular weight is 531 g/mol. The molecule has 3 aromatic rings. The number of anilines is 2. The third-order valence-corrected chi connectivity index (χ3v) is 8.06. The lowest BCUT2D eigenvalue weighted by Gasteiger charge is -2.13. The zero-order valence-corrected chi connectivity index (χ0v) is 22.8. The van der Waals surface area contributed by atoms with Crippen LogP contribution < -0.4 is 10.6 Å². The van der Waals surface area contributed by atoms with E-state index < -0.39 is 0 Å². The molecule has 1 aliphatic carbocycles. The van der Waals surface area contributed by atoms with E-state index in [1.807, 2.05) is 49.7 Å². The van der Waals surface area contributed by atoms with Gasteiger partial charge in [0.15, 0.2) is 5.11 Å². The highest BCUT2D eigenvalue weighted by molar-refractivity contribution is 7.80. The fraction of sp³-hybridized carbons (Fsp3) is 0.423. The summed E-state index contributed by atoms with van der Waals surface area (Å²) in [6.45, 7) is 6.69. The lowest BCUT2D eigenvalue weighted by Crippen LogP contribution is -2.21. The standard InChI is InChI=1S/C26H31ClN4O2S2/c1-4-33-25(32)22-19-12-7-5-6-8-14-21(19)35-24(22)29-26(34)28-23-16(2)30-31(17(23)3)15-18-11-9-10-13-20(18)27/h9-11,13H,4-8,12,14-15H2,1-3H3,(H2,28,29,34). The maximum Gasteiger partial charge on any atom is 0.341 e. The van der Waals surface area contributed by atoms with Gasteiger partial charge in [0.1, 0.15) is 5.00 Å². The van der Waals surface area contributed by atoms with Gasteiger partial charge in [-0.3, -0.25) is 4.68 Å².